The Hall–Kier alpha value is -2.28. The monoisotopic (exact) mass is 278 g/mol. The van der Waals surface area contributed by atoms with Gasteiger partial charge in [0.2, 0.25) is 5.91 Å². The fourth-order valence-electron chi connectivity index (χ4n) is 2.37. The summed E-state index contributed by atoms with van der Waals surface area (Å²) in [7, 11) is 1.77. The number of aromatic nitrogens is 2. The van der Waals surface area contributed by atoms with Crippen LogP contribution in [0.5, 0.6) is 0 Å². The number of halogens is 2. The van der Waals surface area contributed by atoms with Crippen molar-refractivity contribution in [1.82, 2.24) is 9.55 Å². The molecule has 0 fully saturated rings. The molecule has 7 heteroatoms. The standard InChI is InChI=1S/C13H12F2N4O/c1-18-6-17-4-8(18)5-19-10-3-7(14)2-9(15)11(10)12(16)13(19)20/h2-4,6,12H,5,16H2,1H3. The van der Waals surface area contributed by atoms with Gasteiger partial charge < -0.3 is 15.2 Å². The van der Waals surface area contributed by atoms with E-state index in [2.05, 4.69) is 4.98 Å². The molecule has 1 aromatic carbocycles. The van der Waals surface area contributed by atoms with Gasteiger partial charge >= 0.3 is 0 Å². The number of nitrogens with two attached hydrogens (primary N) is 1. The van der Waals surface area contributed by atoms with Gasteiger partial charge in [0, 0.05) is 24.9 Å². The van der Waals surface area contributed by atoms with Gasteiger partial charge in [-0.15, -0.1) is 0 Å². The van der Waals surface area contributed by atoms with Gasteiger partial charge in [0.15, 0.2) is 0 Å². The SMILES string of the molecule is Cn1cncc1CN1C(=O)C(N)c2c(F)cc(F)cc21. The molecule has 1 atom stereocenters. The molecular formula is C13H12F2N4O. The summed E-state index contributed by atoms with van der Waals surface area (Å²) in [6, 6.07) is 0.762. The quantitative estimate of drug-likeness (QED) is 0.899. The Balaban J connectivity index is 2.06. The highest BCUT2D eigenvalue weighted by molar-refractivity contribution is 6.04. The van der Waals surface area contributed by atoms with E-state index in [0.29, 0.717) is 0 Å². The molecule has 2 aromatic rings. The van der Waals surface area contributed by atoms with Crippen molar-refractivity contribution in [1.29, 1.82) is 0 Å². The smallest absolute Gasteiger partial charge is 0.249 e. The first kappa shape index (κ1) is 12.7. The van der Waals surface area contributed by atoms with Crippen LogP contribution in [0.25, 0.3) is 0 Å². The molecule has 0 radical (unpaired) electrons. The summed E-state index contributed by atoms with van der Waals surface area (Å²) in [5, 5.41) is 0. The van der Waals surface area contributed by atoms with Crippen molar-refractivity contribution in [2.45, 2.75) is 12.6 Å². The number of anilines is 1. The van der Waals surface area contributed by atoms with Crippen molar-refractivity contribution in [2.75, 3.05) is 4.90 Å². The fourth-order valence-corrected chi connectivity index (χ4v) is 2.37. The van der Waals surface area contributed by atoms with Crippen molar-refractivity contribution in [3.63, 3.8) is 0 Å². The molecule has 1 unspecified atom stereocenters. The van der Waals surface area contributed by atoms with E-state index in [4.69, 9.17) is 5.73 Å². The minimum absolute atomic E-state index is 0.0403. The first-order valence-corrected chi connectivity index (χ1v) is 6.00. The maximum atomic E-state index is 13.8. The van der Waals surface area contributed by atoms with Crippen LogP contribution in [0.4, 0.5) is 14.5 Å². The van der Waals surface area contributed by atoms with Gasteiger partial charge in [-0.05, 0) is 6.07 Å². The van der Waals surface area contributed by atoms with E-state index in [9.17, 15) is 13.6 Å². The lowest BCUT2D eigenvalue weighted by Gasteiger charge is -2.17. The lowest BCUT2D eigenvalue weighted by atomic mass is 10.1. The number of hydrogen-bond donors (Lipinski definition) is 1. The topological polar surface area (TPSA) is 64.2 Å². The molecule has 3 rings (SSSR count). The van der Waals surface area contributed by atoms with Gasteiger partial charge in [-0.3, -0.25) is 4.79 Å². The van der Waals surface area contributed by atoms with E-state index >= 15 is 0 Å². The summed E-state index contributed by atoms with van der Waals surface area (Å²) in [5.41, 5.74) is 6.68. The van der Waals surface area contributed by atoms with Crippen LogP contribution in [0, 0.1) is 11.6 Å². The van der Waals surface area contributed by atoms with Crippen molar-refractivity contribution < 1.29 is 13.6 Å². The maximum absolute atomic E-state index is 13.8. The Kier molecular flexibility index (Phi) is 2.79. The highest BCUT2D eigenvalue weighted by atomic mass is 19.1. The van der Waals surface area contributed by atoms with Crippen molar-refractivity contribution >= 4 is 11.6 Å². The summed E-state index contributed by atoms with van der Waals surface area (Å²) in [6.45, 7) is 0.166. The van der Waals surface area contributed by atoms with Crippen molar-refractivity contribution in [3.05, 3.63) is 47.5 Å². The molecule has 1 aliphatic rings. The molecule has 0 bridgehead atoms. The van der Waals surface area contributed by atoms with Crippen LogP contribution in [0.2, 0.25) is 0 Å². The summed E-state index contributed by atoms with van der Waals surface area (Å²) in [6.07, 6.45) is 3.18. The Morgan fingerprint density at radius 3 is 2.80 bits per heavy atom. The third kappa shape index (κ3) is 1.78. The van der Waals surface area contributed by atoms with Crippen LogP contribution in [-0.2, 0) is 18.4 Å². The van der Waals surface area contributed by atoms with Gasteiger partial charge in [-0.25, -0.2) is 13.8 Å². The second kappa shape index (κ2) is 4.38. The van der Waals surface area contributed by atoms with E-state index in [1.165, 1.54) is 4.90 Å². The molecule has 20 heavy (non-hydrogen) atoms. The second-order valence-corrected chi connectivity index (χ2v) is 4.72. The molecule has 1 aliphatic heterocycles. The zero-order valence-corrected chi connectivity index (χ0v) is 10.7. The third-order valence-corrected chi connectivity index (χ3v) is 3.44. The average Bonchev–Trinajstić information content (AvgIpc) is 2.87. The highest BCUT2D eigenvalue weighted by Gasteiger charge is 2.38. The van der Waals surface area contributed by atoms with Crippen LogP contribution >= 0.6 is 0 Å². The van der Waals surface area contributed by atoms with Gasteiger partial charge in [0.05, 0.1) is 24.3 Å². The summed E-state index contributed by atoms with van der Waals surface area (Å²) in [5.74, 6) is -1.99. The minimum atomic E-state index is -1.10. The number of carbonyl (C=O) groups is 1. The lowest BCUT2D eigenvalue weighted by molar-refractivity contribution is -0.119. The van der Waals surface area contributed by atoms with Crippen LogP contribution in [0.15, 0.2) is 24.7 Å². The normalized spacial score (nSPS) is 17.7. The van der Waals surface area contributed by atoms with Gasteiger partial charge in [0.25, 0.3) is 0 Å². The molecule has 2 heterocycles. The molecule has 104 valence electrons. The van der Waals surface area contributed by atoms with Crippen molar-refractivity contribution in [2.24, 2.45) is 12.8 Å². The third-order valence-electron chi connectivity index (χ3n) is 3.44. The number of hydrogen-bond acceptors (Lipinski definition) is 3. The van der Waals surface area contributed by atoms with Gasteiger partial charge in [-0.1, -0.05) is 0 Å². The summed E-state index contributed by atoms with van der Waals surface area (Å²) < 4.78 is 28.9. The molecule has 0 saturated heterocycles. The Bertz CT molecular complexity index is 698. The molecule has 0 aliphatic carbocycles. The summed E-state index contributed by atoms with van der Waals surface area (Å²) >= 11 is 0. The van der Waals surface area contributed by atoms with Crippen LogP contribution in [-0.4, -0.2) is 15.5 Å². The van der Waals surface area contributed by atoms with E-state index in [1.54, 1.807) is 24.1 Å². The average molecular weight is 278 g/mol. The number of amides is 1. The van der Waals surface area contributed by atoms with Crippen LogP contribution in [0.3, 0.4) is 0 Å². The molecule has 0 saturated carbocycles. The Morgan fingerprint density at radius 1 is 1.40 bits per heavy atom. The molecule has 1 amide bonds. The molecule has 2 N–H and O–H groups in total. The van der Waals surface area contributed by atoms with Gasteiger partial charge in [-0.2, -0.15) is 0 Å². The van der Waals surface area contributed by atoms with Crippen molar-refractivity contribution in [3.8, 4) is 0 Å². The number of nitrogens with zero attached hydrogens (tertiary/aromatic N) is 3. The Morgan fingerprint density at radius 2 is 2.15 bits per heavy atom. The molecular weight excluding hydrogens is 266 g/mol. The maximum Gasteiger partial charge on any atom is 0.249 e. The van der Waals surface area contributed by atoms with E-state index < -0.39 is 23.6 Å². The molecule has 0 spiro atoms. The fraction of sp³-hybridized carbons (Fsp3) is 0.231. The van der Waals surface area contributed by atoms with E-state index in [1.807, 2.05) is 0 Å². The number of imidazole rings is 1. The molecule has 1 aromatic heterocycles. The predicted octanol–water partition coefficient (Wildman–Crippen LogP) is 1.24. The number of benzene rings is 1. The van der Waals surface area contributed by atoms with Gasteiger partial charge in [0.1, 0.15) is 17.7 Å². The first-order valence-electron chi connectivity index (χ1n) is 6.00. The second-order valence-electron chi connectivity index (χ2n) is 4.72. The predicted molar refractivity (Wildman–Crippen MR) is 67.7 cm³/mol. The Labute approximate surface area is 113 Å². The van der Waals surface area contributed by atoms with Crippen LogP contribution < -0.4 is 10.6 Å². The first-order chi connectivity index (χ1) is 9.49. The number of carbonyl (C=O) groups excluding carboxylic acids is 1. The zero-order valence-electron chi connectivity index (χ0n) is 10.7. The summed E-state index contributed by atoms with van der Waals surface area (Å²) in [4.78, 5) is 17.4. The number of fused-ring (bicyclic) bond motifs is 1. The largest absolute Gasteiger partial charge is 0.336 e. The van der Waals surface area contributed by atoms with E-state index in [-0.39, 0.29) is 17.8 Å². The van der Waals surface area contributed by atoms with E-state index in [0.717, 1.165) is 17.8 Å². The zero-order chi connectivity index (χ0) is 14.4. The number of rotatable bonds is 2. The molecule has 5 nitrogen and oxygen atoms in total. The minimum Gasteiger partial charge on any atom is -0.336 e. The highest BCUT2D eigenvalue weighted by Crippen LogP contribution is 2.37. The van der Waals surface area contributed by atoms with Crippen LogP contribution in [0.1, 0.15) is 17.3 Å². The lowest BCUT2D eigenvalue weighted by Crippen LogP contribution is -2.31. The number of aryl methyl sites for hydroxylation is 1.